The molecule has 5 heteroatoms. The predicted molar refractivity (Wildman–Crippen MR) is 94.8 cm³/mol. The first-order valence-corrected chi connectivity index (χ1v) is 8.34. The summed E-state index contributed by atoms with van der Waals surface area (Å²) >= 11 is 3.30. The number of aromatic hydroxyl groups is 1. The van der Waals surface area contributed by atoms with Gasteiger partial charge in [-0.2, -0.15) is 0 Å². The van der Waals surface area contributed by atoms with Crippen LogP contribution in [-0.2, 0) is 19.5 Å². The minimum Gasteiger partial charge on any atom is -0.507 e. The number of hydrogen-bond acceptors (Lipinski definition) is 4. The lowest BCUT2D eigenvalue weighted by Crippen LogP contribution is -2.17. The molecular formula is C18H22BrNO3. The maximum absolute atomic E-state index is 10.5. The van der Waals surface area contributed by atoms with Crippen molar-refractivity contribution in [2.75, 3.05) is 13.7 Å². The Kier molecular flexibility index (Phi) is 6.30. The van der Waals surface area contributed by atoms with Gasteiger partial charge in [-0.1, -0.05) is 6.08 Å². The Labute approximate surface area is 145 Å². The molecule has 0 saturated carbocycles. The number of furan rings is 1. The van der Waals surface area contributed by atoms with Gasteiger partial charge in [0.05, 0.1) is 13.2 Å². The van der Waals surface area contributed by atoms with Gasteiger partial charge in [0.1, 0.15) is 17.3 Å². The Morgan fingerprint density at radius 2 is 2.04 bits per heavy atom. The van der Waals surface area contributed by atoms with Crippen molar-refractivity contribution in [2.45, 2.75) is 26.4 Å². The van der Waals surface area contributed by atoms with Crippen molar-refractivity contribution in [1.82, 2.24) is 4.90 Å². The summed E-state index contributed by atoms with van der Waals surface area (Å²) in [5.74, 6) is 1.94. The van der Waals surface area contributed by atoms with Crippen LogP contribution in [0, 0.1) is 0 Å². The molecule has 124 valence electrons. The number of ether oxygens (including phenoxy) is 1. The number of phenolic OH excluding ortho intramolecular Hbond substituents is 1. The van der Waals surface area contributed by atoms with Gasteiger partial charge in [-0.05, 0) is 60.6 Å². The van der Waals surface area contributed by atoms with E-state index in [1.165, 1.54) is 0 Å². The van der Waals surface area contributed by atoms with Crippen LogP contribution in [0.4, 0.5) is 0 Å². The molecule has 0 unspecified atom stereocenters. The monoisotopic (exact) mass is 379 g/mol. The Morgan fingerprint density at radius 1 is 1.30 bits per heavy atom. The third kappa shape index (κ3) is 4.88. The molecule has 1 aromatic heterocycles. The summed E-state index contributed by atoms with van der Waals surface area (Å²) in [6.45, 7) is 7.52. The zero-order valence-electron chi connectivity index (χ0n) is 13.5. The average Bonchev–Trinajstić information content (AvgIpc) is 2.89. The molecule has 2 rings (SSSR count). The first kappa shape index (κ1) is 17.6. The number of benzene rings is 1. The molecule has 0 aliphatic heterocycles. The standard InChI is InChI=1S/C18H22BrNO3/c1-4-6-13-9-16(22-5-2)10-14(18(13)21)11-20(3)12-15-7-8-17(19)23-15/h4,7-10,21H,1,5-6,11-12H2,2-3H3. The molecule has 1 aromatic carbocycles. The summed E-state index contributed by atoms with van der Waals surface area (Å²) in [7, 11) is 1.98. The Hall–Kier alpha value is -1.72. The van der Waals surface area contributed by atoms with Crippen LogP contribution >= 0.6 is 15.9 Å². The van der Waals surface area contributed by atoms with Crippen molar-refractivity contribution in [1.29, 1.82) is 0 Å². The van der Waals surface area contributed by atoms with Gasteiger partial charge in [0.15, 0.2) is 4.67 Å². The predicted octanol–water partition coefficient (Wildman–Crippen LogP) is 4.51. The molecule has 2 aromatic rings. The summed E-state index contributed by atoms with van der Waals surface area (Å²) in [5.41, 5.74) is 1.66. The number of hydrogen-bond donors (Lipinski definition) is 1. The third-order valence-electron chi connectivity index (χ3n) is 3.41. The number of nitrogens with zero attached hydrogens (tertiary/aromatic N) is 1. The second-order valence-corrected chi connectivity index (χ2v) is 6.18. The van der Waals surface area contributed by atoms with Crippen LogP contribution in [-0.4, -0.2) is 23.7 Å². The molecule has 0 aliphatic carbocycles. The summed E-state index contributed by atoms with van der Waals surface area (Å²) in [6, 6.07) is 7.56. The van der Waals surface area contributed by atoms with Crippen molar-refractivity contribution < 1.29 is 14.3 Å². The highest BCUT2D eigenvalue weighted by Crippen LogP contribution is 2.30. The van der Waals surface area contributed by atoms with E-state index < -0.39 is 0 Å². The lowest BCUT2D eigenvalue weighted by atomic mass is 10.0. The second-order valence-electron chi connectivity index (χ2n) is 5.39. The van der Waals surface area contributed by atoms with E-state index in [0.717, 1.165) is 27.3 Å². The van der Waals surface area contributed by atoms with Crippen molar-refractivity contribution in [3.63, 3.8) is 0 Å². The molecule has 1 N–H and O–H groups in total. The number of phenols is 1. The fraction of sp³-hybridized carbons (Fsp3) is 0.333. The number of halogens is 1. The molecular weight excluding hydrogens is 358 g/mol. The summed E-state index contributed by atoms with van der Waals surface area (Å²) in [5, 5.41) is 10.5. The molecule has 0 atom stereocenters. The van der Waals surface area contributed by atoms with E-state index in [-0.39, 0.29) is 0 Å². The minimum absolute atomic E-state index is 0.306. The third-order valence-corrected chi connectivity index (χ3v) is 3.84. The Morgan fingerprint density at radius 3 is 2.65 bits per heavy atom. The van der Waals surface area contributed by atoms with Gasteiger partial charge in [0, 0.05) is 17.7 Å². The van der Waals surface area contributed by atoms with Crippen molar-refractivity contribution in [3.8, 4) is 11.5 Å². The first-order chi connectivity index (χ1) is 11.0. The lowest BCUT2D eigenvalue weighted by molar-refractivity contribution is 0.279. The van der Waals surface area contributed by atoms with Gasteiger partial charge in [-0.25, -0.2) is 0 Å². The Bertz CT molecular complexity index is 666. The van der Waals surface area contributed by atoms with E-state index in [1.54, 1.807) is 6.08 Å². The van der Waals surface area contributed by atoms with Gasteiger partial charge in [-0.3, -0.25) is 4.90 Å². The highest BCUT2D eigenvalue weighted by Gasteiger charge is 2.13. The van der Waals surface area contributed by atoms with E-state index in [4.69, 9.17) is 9.15 Å². The Balaban J connectivity index is 2.17. The van der Waals surface area contributed by atoms with Gasteiger partial charge >= 0.3 is 0 Å². The smallest absolute Gasteiger partial charge is 0.169 e. The summed E-state index contributed by atoms with van der Waals surface area (Å²) in [6.07, 6.45) is 2.38. The zero-order valence-corrected chi connectivity index (χ0v) is 15.1. The molecule has 0 saturated heterocycles. The van der Waals surface area contributed by atoms with Gasteiger partial charge in [-0.15, -0.1) is 6.58 Å². The summed E-state index contributed by atoms with van der Waals surface area (Å²) < 4.78 is 11.8. The quantitative estimate of drug-likeness (QED) is 0.685. The topological polar surface area (TPSA) is 45.8 Å². The normalized spacial score (nSPS) is 11.0. The molecule has 1 heterocycles. The van der Waals surface area contributed by atoms with E-state index in [9.17, 15) is 5.11 Å². The van der Waals surface area contributed by atoms with Crippen LogP contribution in [0.25, 0.3) is 0 Å². The zero-order chi connectivity index (χ0) is 16.8. The van der Waals surface area contributed by atoms with Crippen LogP contribution in [0.5, 0.6) is 11.5 Å². The molecule has 0 bridgehead atoms. The van der Waals surface area contributed by atoms with E-state index >= 15 is 0 Å². The van der Waals surface area contributed by atoms with E-state index in [1.807, 2.05) is 38.2 Å². The highest BCUT2D eigenvalue weighted by molar-refractivity contribution is 9.10. The fourth-order valence-corrected chi connectivity index (χ4v) is 2.80. The molecule has 0 spiro atoms. The maximum atomic E-state index is 10.5. The van der Waals surface area contributed by atoms with Crippen LogP contribution < -0.4 is 4.74 Å². The SMILES string of the molecule is C=CCc1cc(OCC)cc(CN(C)Cc2ccc(Br)o2)c1O. The van der Waals surface area contributed by atoms with Crippen molar-refractivity contribution in [3.05, 3.63) is 58.5 Å². The van der Waals surface area contributed by atoms with Gasteiger partial charge < -0.3 is 14.3 Å². The largest absolute Gasteiger partial charge is 0.507 e. The molecule has 4 nitrogen and oxygen atoms in total. The van der Waals surface area contributed by atoms with E-state index in [0.29, 0.717) is 31.9 Å². The molecule has 0 amide bonds. The lowest BCUT2D eigenvalue weighted by Gasteiger charge is -2.18. The average molecular weight is 380 g/mol. The molecule has 23 heavy (non-hydrogen) atoms. The first-order valence-electron chi connectivity index (χ1n) is 7.54. The number of rotatable bonds is 8. The van der Waals surface area contributed by atoms with Crippen LogP contribution in [0.3, 0.4) is 0 Å². The van der Waals surface area contributed by atoms with Crippen LogP contribution in [0.1, 0.15) is 23.8 Å². The van der Waals surface area contributed by atoms with E-state index in [2.05, 4.69) is 27.4 Å². The van der Waals surface area contributed by atoms with Crippen LogP contribution in [0.15, 0.2) is 46.0 Å². The van der Waals surface area contributed by atoms with Crippen LogP contribution in [0.2, 0.25) is 0 Å². The maximum Gasteiger partial charge on any atom is 0.169 e. The van der Waals surface area contributed by atoms with Gasteiger partial charge in [0.2, 0.25) is 0 Å². The molecule has 0 fully saturated rings. The van der Waals surface area contributed by atoms with Crippen molar-refractivity contribution in [2.24, 2.45) is 0 Å². The minimum atomic E-state index is 0.306. The molecule has 0 radical (unpaired) electrons. The molecule has 0 aliphatic rings. The van der Waals surface area contributed by atoms with Crippen molar-refractivity contribution >= 4 is 15.9 Å². The fourth-order valence-electron chi connectivity index (χ4n) is 2.46. The summed E-state index contributed by atoms with van der Waals surface area (Å²) in [4.78, 5) is 2.08. The van der Waals surface area contributed by atoms with Gasteiger partial charge in [0.25, 0.3) is 0 Å². The number of allylic oxidation sites excluding steroid dienone is 1. The highest BCUT2D eigenvalue weighted by atomic mass is 79.9. The second kappa shape index (κ2) is 8.22.